The van der Waals surface area contributed by atoms with Gasteiger partial charge in [0.05, 0.1) is 0 Å². The Bertz CT molecular complexity index is 1150. The summed E-state index contributed by atoms with van der Waals surface area (Å²) in [7, 11) is 0. The van der Waals surface area contributed by atoms with E-state index in [1.165, 1.54) is 11.1 Å². The summed E-state index contributed by atoms with van der Waals surface area (Å²) < 4.78 is 11.0. The number of carbonyl (C=O) groups is 1. The number of furan rings is 1. The van der Waals surface area contributed by atoms with Crippen LogP contribution in [0.25, 0.3) is 22.4 Å². The van der Waals surface area contributed by atoms with E-state index in [1.54, 1.807) is 0 Å². The first-order chi connectivity index (χ1) is 14.8. The molecule has 2 aromatic heterocycles. The van der Waals surface area contributed by atoms with Crippen LogP contribution in [-0.4, -0.2) is 35.5 Å². The Morgan fingerprint density at radius 2 is 1.83 bits per heavy atom. The van der Waals surface area contributed by atoms with Gasteiger partial charge in [0.1, 0.15) is 17.4 Å². The predicted octanol–water partition coefficient (Wildman–Crippen LogP) is 4.44. The molecule has 0 atom stereocenters. The van der Waals surface area contributed by atoms with Crippen LogP contribution in [0.5, 0.6) is 0 Å². The van der Waals surface area contributed by atoms with Crippen molar-refractivity contribution in [3.63, 3.8) is 0 Å². The lowest BCUT2D eigenvalue weighted by molar-refractivity contribution is -0.142. The standard InChI is InChI=1S/C25H22N2O3/c28-17-29-22-15-27(16-22)14-20-6-8-23(26-13-20)25-12-21-11-19(7-9-24(21)30-25)10-18-4-2-1-3-5-18/h1-9,11-13,17,22H,10,14-16H2. The second-order valence-electron chi connectivity index (χ2n) is 7.75. The Kier molecular flexibility index (Phi) is 5.03. The van der Waals surface area contributed by atoms with Gasteiger partial charge >= 0.3 is 0 Å². The number of hydrogen-bond donors (Lipinski definition) is 0. The lowest BCUT2D eigenvalue weighted by atomic mass is 10.0. The minimum atomic E-state index is 0.0251. The predicted molar refractivity (Wildman–Crippen MR) is 115 cm³/mol. The van der Waals surface area contributed by atoms with Gasteiger partial charge < -0.3 is 9.15 Å². The van der Waals surface area contributed by atoms with Gasteiger partial charge in [0, 0.05) is 31.2 Å². The van der Waals surface area contributed by atoms with Crippen molar-refractivity contribution in [2.45, 2.75) is 19.1 Å². The third-order valence-corrected chi connectivity index (χ3v) is 5.49. The minimum Gasteiger partial charge on any atom is -0.462 e. The molecule has 0 N–H and O–H groups in total. The van der Waals surface area contributed by atoms with Crippen LogP contribution in [0.2, 0.25) is 0 Å². The summed E-state index contributed by atoms with van der Waals surface area (Å²) in [4.78, 5) is 17.2. The van der Waals surface area contributed by atoms with Gasteiger partial charge in [-0.1, -0.05) is 42.5 Å². The number of hydrogen-bond acceptors (Lipinski definition) is 5. The van der Waals surface area contributed by atoms with Crippen molar-refractivity contribution in [3.8, 4) is 11.5 Å². The fourth-order valence-corrected chi connectivity index (χ4v) is 3.90. The Morgan fingerprint density at radius 3 is 2.60 bits per heavy atom. The van der Waals surface area contributed by atoms with Crippen LogP contribution in [-0.2, 0) is 22.5 Å². The first-order valence-corrected chi connectivity index (χ1v) is 10.1. The molecule has 0 radical (unpaired) electrons. The van der Waals surface area contributed by atoms with E-state index in [1.807, 2.05) is 24.4 Å². The molecule has 5 nitrogen and oxygen atoms in total. The highest BCUT2D eigenvalue weighted by molar-refractivity contribution is 5.83. The molecular weight excluding hydrogens is 376 g/mol. The summed E-state index contributed by atoms with van der Waals surface area (Å²) in [5.41, 5.74) is 5.38. The van der Waals surface area contributed by atoms with E-state index in [9.17, 15) is 4.79 Å². The average molecular weight is 398 g/mol. The first-order valence-electron chi connectivity index (χ1n) is 10.1. The molecule has 2 aromatic carbocycles. The van der Waals surface area contributed by atoms with Crippen molar-refractivity contribution in [2.75, 3.05) is 13.1 Å². The number of aromatic nitrogens is 1. The van der Waals surface area contributed by atoms with E-state index in [2.05, 4.69) is 58.4 Å². The topological polar surface area (TPSA) is 55.6 Å². The Morgan fingerprint density at radius 1 is 1.00 bits per heavy atom. The number of likely N-dealkylation sites (tertiary alicyclic amines) is 1. The van der Waals surface area contributed by atoms with Gasteiger partial charge in [-0.3, -0.25) is 14.7 Å². The molecule has 0 bridgehead atoms. The highest BCUT2D eigenvalue weighted by Crippen LogP contribution is 2.28. The zero-order valence-electron chi connectivity index (χ0n) is 16.5. The molecule has 0 amide bonds. The maximum absolute atomic E-state index is 10.4. The highest BCUT2D eigenvalue weighted by Gasteiger charge is 2.27. The van der Waals surface area contributed by atoms with Crippen LogP contribution < -0.4 is 0 Å². The van der Waals surface area contributed by atoms with Crippen molar-refractivity contribution in [1.82, 2.24) is 9.88 Å². The fourth-order valence-electron chi connectivity index (χ4n) is 3.90. The van der Waals surface area contributed by atoms with Crippen LogP contribution in [0.1, 0.15) is 16.7 Å². The molecular formula is C25H22N2O3. The summed E-state index contributed by atoms with van der Waals surface area (Å²) in [5.74, 6) is 0.775. The van der Waals surface area contributed by atoms with E-state index in [0.717, 1.165) is 54.0 Å². The van der Waals surface area contributed by atoms with Gasteiger partial charge in [-0.05, 0) is 47.4 Å². The second-order valence-corrected chi connectivity index (χ2v) is 7.75. The SMILES string of the molecule is O=COC1CN(Cc2ccc(-c3cc4cc(Cc5ccccc5)ccc4o3)nc2)C1. The van der Waals surface area contributed by atoms with E-state index in [0.29, 0.717) is 6.47 Å². The zero-order valence-corrected chi connectivity index (χ0v) is 16.5. The molecule has 0 aliphatic carbocycles. The maximum Gasteiger partial charge on any atom is 0.293 e. The van der Waals surface area contributed by atoms with Crippen LogP contribution in [0, 0.1) is 0 Å². The molecule has 30 heavy (non-hydrogen) atoms. The molecule has 4 aromatic rings. The minimum absolute atomic E-state index is 0.0251. The molecule has 5 heteroatoms. The third-order valence-electron chi connectivity index (χ3n) is 5.49. The van der Waals surface area contributed by atoms with Crippen molar-refractivity contribution in [3.05, 3.63) is 89.6 Å². The summed E-state index contributed by atoms with van der Waals surface area (Å²) in [6, 6.07) is 22.9. The number of fused-ring (bicyclic) bond motifs is 1. The first kappa shape index (κ1) is 18.6. The number of benzene rings is 2. The Balaban J connectivity index is 1.28. The summed E-state index contributed by atoms with van der Waals surface area (Å²) in [5, 5.41) is 1.09. The average Bonchev–Trinajstić information content (AvgIpc) is 3.17. The van der Waals surface area contributed by atoms with Gasteiger partial charge in [0.25, 0.3) is 6.47 Å². The van der Waals surface area contributed by atoms with Crippen LogP contribution in [0.15, 0.2) is 77.3 Å². The fraction of sp³-hybridized carbons (Fsp3) is 0.200. The number of pyridine rings is 1. The van der Waals surface area contributed by atoms with Crippen LogP contribution >= 0.6 is 0 Å². The van der Waals surface area contributed by atoms with Gasteiger partial charge in [-0.15, -0.1) is 0 Å². The van der Waals surface area contributed by atoms with E-state index < -0.39 is 0 Å². The molecule has 1 saturated heterocycles. The largest absolute Gasteiger partial charge is 0.462 e. The van der Waals surface area contributed by atoms with Gasteiger partial charge in [0.15, 0.2) is 5.76 Å². The molecule has 1 aliphatic rings. The molecule has 1 fully saturated rings. The molecule has 1 aliphatic heterocycles. The van der Waals surface area contributed by atoms with E-state index in [-0.39, 0.29) is 6.10 Å². The zero-order chi connectivity index (χ0) is 20.3. The number of carbonyl (C=O) groups excluding carboxylic acids is 1. The summed E-state index contributed by atoms with van der Waals surface area (Å²) in [6.07, 6.45) is 2.81. The van der Waals surface area contributed by atoms with Gasteiger partial charge in [-0.2, -0.15) is 0 Å². The van der Waals surface area contributed by atoms with Crippen molar-refractivity contribution < 1.29 is 13.9 Å². The summed E-state index contributed by atoms with van der Waals surface area (Å²) >= 11 is 0. The number of rotatable bonds is 7. The monoisotopic (exact) mass is 398 g/mol. The van der Waals surface area contributed by atoms with Crippen molar-refractivity contribution >= 4 is 17.4 Å². The van der Waals surface area contributed by atoms with Crippen LogP contribution in [0.3, 0.4) is 0 Å². The van der Waals surface area contributed by atoms with Crippen LogP contribution in [0.4, 0.5) is 0 Å². The normalized spacial score (nSPS) is 14.5. The molecule has 0 spiro atoms. The number of ether oxygens (including phenoxy) is 1. The lowest BCUT2D eigenvalue weighted by Gasteiger charge is -2.37. The quantitative estimate of drug-likeness (QED) is 0.431. The van der Waals surface area contributed by atoms with E-state index in [4.69, 9.17) is 9.15 Å². The molecule has 0 unspecified atom stereocenters. The smallest absolute Gasteiger partial charge is 0.293 e. The molecule has 0 saturated carbocycles. The van der Waals surface area contributed by atoms with Crippen molar-refractivity contribution in [2.24, 2.45) is 0 Å². The summed E-state index contributed by atoms with van der Waals surface area (Å²) in [6.45, 7) is 2.87. The number of nitrogens with zero attached hydrogens (tertiary/aromatic N) is 2. The second kappa shape index (κ2) is 8.13. The lowest BCUT2D eigenvalue weighted by Crippen LogP contribution is -2.51. The Hall–Kier alpha value is -3.44. The molecule has 3 heterocycles. The molecule has 150 valence electrons. The van der Waals surface area contributed by atoms with Crippen molar-refractivity contribution in [1.29, 1.82) is 0 Å². The highest BCUT2D eigenvalue weighted by atomic mass is 16.5. The van der Waals surface area contributed by atoms with E-state index >= 15 is 0 Å². The molecule has 5 rings (SSSR count). The Labute approximate surface area is 174 Å². The van der Waals surface area contributed by atoms with Gasteiger partial charge in [0.2, 0.25) is 0 Å². The maximum atomic E-state index is 10.4. The third kappa shape index (κ3) is 3.98. The van der Waals surface area contributed by atoms with Gasteiger partial charge in [-0.25, -0.2) is 0 Å².